The van der Waals surface area contributed by atoms with Gasteiger partial charge < -0.3 is 9.67 Å². The highest BCUT2D eigenvalue weighted by atomic mass is 16.3. The molecule has 1 heterocycles. The van der Waals surface area contributed by atoms with Gasteiger partial charge in [0.1, 0.15) is 5.75 Å². The van der Waals surface area contributed by atoms with Crippen molar-refractivity contribution in [2.75, 3.05) is 0 Å². The van der Waals surface area contributed by atoms with Crippen LogP contribution in [0.2, 0.25) is 0 Å². The molecule has 0 aliphatic heterocycles. The Morgan fingerprint density at radius 2 is 2.09 bits per heavy atom. The first-order valence-electron chi connectivity index (χ1n) is 3.51. The van der Waals surface area contributed by atoms with Crippen molar-refractivity contribution in [2.45, 2.75) is 0 Å². The summed E-state index contributed by atoms with van der Waals surface area (Å²) in [5.41, 5.74) is 1.14. The van der Waals surface area contributed by atoms with Crippen LogP contribution in [-0.4, -0.2) is 9.67 Å². The standard InChI is InChI=1S/C9H9NO/c1-10-5-4-7-6-8(11)2-3-9(7)10/h2-6,11H,1H3. The third-order valence-corrected chi connectivity index (χ3v) is 1.87. The first-order valence-corrected chi connectivity index (χ1v) is 3.51. The van der Waals surface area contributed by atoms with Crippen LogP contribution in [0.4, 0.5) is 0 Å². The summed E-state index contributed by atoms with van der Waals surface area (Å²) in [6, 6.07) is 7.34. The Morgan fingerprint density at radius 3 is 2.91 bits per heavy atom. The number of fused-ring (bicyclic) bond motifs is 1. The Balaban J connectivity index is 2.86. The third-order valence-electron chi connectivity index (χ3n) is 1.87. The zero-order valence-electron chi connectivity index (χ0n) is 6.28. The van der Waals surface area contributed by atoms with Gasteiger partial charge in [0, 0.05) is 24.1 Å². The summed E-state index contributed by atoms with van der Waals surface area (Å²) in [5.74, 6) is 0.323. The van der Waals surface area contributed by atoms with Crippen LogP contribution in [0.15, 0.2) is 30.5 Å². The monoisotopic (exact) mass is 147 g/mol. The minimum atomic E-state index is 0.323. The summed E-state index contributed by atoms with van der Waals surface area (Å²) in [6.45, 7) is 0. The normalized spacial score (nSPS) is 10.6. The molecule has 0 aliphatic rings. The van der Waals surface area contributed by atoms with Crippen molar-refractivity contribution in [3.05, 3.63) is 30.5 Å². The molecule has 0 saturated carbocycles. The van der Waals surface area contributed by atoms with Crippen LogP contribution in [0, 0.1) is 0 Å². The van der Waals surface area contributed by atoms with Crippen molar-refractivity contribution in [1.82, 2.24) is 4.57 Å². The number of phenols is 1. The lowest BCUT2D eigenvalue weighted by Crippen LogP contribution is -1.81. The molecule has 1 aromatic carbocycles. The van der Waals surface area contributed by atoms with Gasteiger partial charge in [0.25, 0.3) is 0 Å². The summed E-state index contributed by atoms with van der Waals surface area (Å²) >= 11 is 0. The highest BCUT2D eigenvalue weighted by molar-refractivity contribution is 5.81. The predicted octanol–water partition coefficient (Wildman–Crippen LogP) is 1.88. The molecule has 0 fully saturated rings. The van der Waals surface area contributed by atoms with Gasteiger partial charge in [-0.2, -0.15) is 0 Å². The molecule has 0 unspecified atom stereocenters. The molecule has 11 heavy (non-hydrogen) atoms. The molecular formula is C9H9NO. The van der Waals surface area contributed by atoms with E-state index in [1.165, 1.54) is 0 Å². The van der Waals surface area contributed by atoms with E-state index in [9.17, 15) is 0 Å². The fraction of sp³-hybridized carbons (Fsp3) is 0.111. The summed E-state index contributed by atoms with van der Waals surface area (Å²) < 4.78 is 2.02. The molecule has 0 amide bonds. The average Bonchev–Trinajstić information content (AvgIpc) is 2.32. The number of aromatic hydroxyl groups is 1. The van der Waals surface area contributed by atoms with Gasteiger partial charge >= 0.3 is 0 Å². The predicted molar refractivity (Wildman–Crippen MR) is 44.6 cm³/mol. The Morgan fingerprint density at radius 1 is 1.27 bits per heavy atom. The first-order chi connectivity index (χ1) is 5.27. The van der Waals surface area contributed by atoms with E-state index in [0.29, 0.717) is 5.75 Å². The fourth-order valence-electron chi connectivity index (χ4n) is 1.27. The maximum Gasteiger partial charge on any atom is 0.116 e. The molecule has 2 rings (SSSR count). The van der Waals surface area contributed by atoms with Crippen molar-refractivity contribution < 1.29 is 5.11 Å². The number of phenolic OH excluding ortho intramolecular Hbond substituents is 1. The van der Waals surface area contributed by atoms with Gasteiger partial charge in [0.2, 0.25) is 0 Å². The molecule has 1 aromatic heterocycles. The van der Waals surface area contributed by atoms with Crippen molar-refractivity contribution in [1.29, 1.82) is 0 Å². The largest absolute Gasteiger partial charge is 0.508 e. The van der Waals surface area contributed by atoms with Gasteiger partial charge in [-0.25, -0.2) is 0 Å². The second-order valence-corrected chi connectivity index (χ2v) is 2.67. The molecule has 0 spiro atoms. The molecule has 56 valence electrons. The van der Waals surface area contributed by atoms with Crippen molar-refractivity contribution in [3.8, 4) is 5.75 Å². The molecule has 2 nitrogen and oxygen atoms in total. The SMILES string of the molecule is Cn1ccc2cc(O)ccc21. The summed E-state index contributed by atoms with van der Waals surface area (Å²) in [7, 11) is 1.99. The third kappa shape index (κ3) is 0.871. The molecule has 1 N–H and O–H groups in total. The van der Waals surface area contributed by atoms with E-state index in [1.807, 2.05) is 29.9 Å². The number of aryl methyl sites for hydroxylation is 1. The van der Waals surface area contributed by atoms with Gasteiger partial charge in [-0.05, 0) is 24.3 Å². The van der Waals surface area contributed by atoms with Crippen molar-refractivity contribution in [2.24, 2.45) is 7.05 Å². The quantitative estimate of drug-likeness (QED) is 0.604. The van der Waals surface area contributed by atoms with Crippen LogP contribution < -0.4 is 0 Å². The second-order valence-electron chi connectivity index (χ2n) is 2.67. The Bertz CT molecular complexity index is 389. The highest BCUT2D eigenvalue weighted by Crippen LogP contribution is 2.19. The van der Waals surface area contributed by atoms with E-state index in [1.54, 1.807) is 12.1 Å². The average molecular weight is 147 g/mol. The molecular weight excluding hydrogens is 138 g/mol. The fourth-order valence-corrected chi connectivity index (χ4v) is 1.27. The van der Waals surface area contributed by atoms with Gasteiger partial charge in [0.05, 0.1) is 0 Å². The Hall–Kier alpha value is -1.44. The smallest absolute Gasteiger partial charge is 0.116 e. The van der Waals surface area contributed by atoms with Gasteiger partial charge in [-0.3, -0.25) is 0 Å². The highest BCUT2D eigenvalue weighted by Gasteiger charge is 1.96. The topological polar surface area (TPSA) is 25.2 Å². The maximum atomic E-state index is 9.13. The van der Waals surface area contributed by atoms with Gasteiger partial charge in [-0.1, -0.05) is 0 Å². The van der Waals surface area contributed by atoms with Crippen LogP contribution in [0.3, 0.4) is 0 Å². The van der Waals surface area contributed by atoms with Crippen LogP contribution in [-0.2, 0) is 7.05 Å². The maximum absolute atomic E-state index is 9.13. The summed E-state index contributed by atoms with van der Waals surface area (Å²) in [4.78, 5) is 0. The van der Waals surface area contributed by atoms with Crippen molar-refractivity contribution >= 4 is 10.9 Å². The number of nitrogens with zero attached hydrogens (tertiary/aromatic N) is 1. The molecule has 0 bridgehead atoms. The van der Waals surface area contributed by atoms with Crippen molar-refractivity contribution in [3.63, 3.8) is 0 Å². The van der Waals surface area contributed by atoms with Crippen LogP contribution in [0.5, 0.6) is 5.75 Å². The number of rotatable bonds is 0. The molecule has 2 aromatic rings. The Kier molecular flexibility index (Phi) is 1.15. The zero-order valence-corrected chi connectivity index (χ0v) is 6.28. The van der Waals surface area contributed by atoms with Crippen LogP contribution in [0.1, 0.15) is 0 Å². The lowest BCUT2D eigenvalue weighted by molar-refractivity contribution is 0.476. The minimum absolute atomic E-state index is 0.323. The Labute approximate surface area is 64.7 Å². The first kappa shape index (κ1) is 6.28. The molecule has 0 atom stereocenters. The minimum Gasteiger partial charge on any atom is -0.508 e. The van der Waals surface area contributed by atoms with Crippen LogP contribution >= 0.6 is 0 Å². The van der Waals surface area contributed by atoms with E-state index in [2.05, 4.69) is 0 Å². The molecule has 0 saturated heterocycles. The summed E-state index contributed by atoms with van der Waals surface area (Å²) in [6.07, 6.45) is 1.98. The van der Waals surface area contributed by atoms with E-state index < -0.39 is 0 Å². The van der Waals surface area contributed by atoms with E-state index >= 15 is 0 Å². The van der Waals surface area contributed by atoms with E-state index in [-0.39, 0.29) is 0 Å². The second kappa shape index (κ2) is 2.02. The number of hydrogen-bond donors (Lipinski definition) is 1. The lowest BCUT2D eigenvalue weighted by Gasteiger charge is -1.95. The zero-order chi connectivity index (χ0) is 7.84. The van der Waals surface area contributed by atoms with Gasteiger partial charge in [-0.15, -0.1) is 0 Å². The van der Waals surface area contributed by atoms with E-state index in [4.69, 9.17) is 5.11 Å². The summed E-state index contributed by atoms with van der Waals surface area (Å²) in [5, 5.41) is 10.2. The van der Waals surface area contributed by atoms with Gasteiger partial charge in [0.15, 0.2) is 0 Å². The molecule has 2 heteroatoms. The van der Waals surface area contributed by atoms with E-state index in [0.717, 1.165) is 10.9 Å². The molecule has 0 aliphatic carbocycles. The van der Waals surface area contributed by atoms with Crippen LogP contribution in [0.25, 0.3) is 10.9 Å². The number of hydrogen-bond acceptors (Lipinski definition) is 1. The molecule has 0 radical (unpaired) electrons. The lowest BCUT2D eigenvalue weighted by atomic mass is 10.2. The number of aromatic nitrogens is 1. The number of benzene rings is 1.